The zero-order chi connectivity index (χ0) is 13.8. The van der Waals surface area contributed by atoms with Crippen molar-refractivity contribution in [3.63, 3.8) is 0 Å². The lowest BCUT2D eigenvalue weighted by molar-refractivity contribution is 0.312. The molecule has 3 nitrogen and oxygen atoms in total. The van der Waals surface area contributed by atoms with Crippen LogP contribution in [0.25, 0.3) is 0 Å². The van der Waals surface area contributed by atoms with Gasteiger partial charge in [-0.2, -0.15) is 0 Å². The van der Waals surface area contributed by atoms with Crippen LogP contribution in [0, 0.1) is 0 Å². The smallest absolute Gasteiger partial charge is 0.139 e. The Morgan fingerprint density at radius 3 is 2.95 bits per heavy atom. The summed E-state index contributed by atoms with van der Waals surface area (Å²) in [6.45, 7) is 3.94. The van der Waals surface area contributed by atoms with E-state index in [2.05, 4.69) is 44.1 Å². The maximum absolute atomic E-state index is 5.90. The second-order valence-electron chi connectivity index (χ2n) is 4.61. The molecule has 0 saturated heterocycles. The number of methoxy groups -OCH3 is 1. The van der Waals surface area contributed by atoms with E-state index >= 15 is 0 Å². The van der Waals surface area contributed by atoms with Crippen molar-refractivity contribution in [2.24, 2.45) is 0 Å². The summed E-state index contributed by atoms with van der Waals surface area (Å²) < 4.78 is 13.3. The lowest BCUT2D eigenvalue weighted by Gasteiger charge is -2.22. The molecule has 0 saturated carbocycles. The van der Waals surface area contributed by atoms with Crippen molar-refractivity contribution in [1.82, 2.24) is 5.32 Å². The summed E-state index contributed by atoms with van der Waals surface area (Å²) in [6, 6.07) is 2.25. The van der Waals surface area contributed by atoms with Gasteiger partial charge in [0.15, 0.2) is 0 Å². The Kier molecular flexibility index (Phi) is 5.54. The molecule has 1 heterocycles. The highest BCUT2D eigenvalue weighted by atomic mass is 79.9. The molecule has 1 aromatic rings. The molecule has 19 heavy (non-hydrogen) atoms. The Hall–Kier alpha value is -0.260. The molecular formula is C14H19Br2NO2. The average molecular weight is 393 g/mol. The molecule has 1 N–H and O–H groups in total. The highest BCUT2D eigenvalue weighted by molar-refractivity contribution is 9.11. The van der Waals surface area contributed by atoms with Crippen molar-refractivity contribution < 1.29 is 9.47 Å². The molecule has 5 heteroatoms. The van der Waals surface area contributed by atoms with Crippen molar-refractivity contribution >= 4 is 31.9 Å². The predicted octanol–water partition coefficient (Wildman–Crippen LogP) is 4.43. The lowest BCUT2D eigenvalue weighted by atomic mass is 10.0. The van der Waals surface area contributed by atoms with Gasteiger partial charge in [-0.15, -0.1) is 0 Å². The quantitative estimate of drug-likeness (QED) is 0.821. The monoisotopic (exact) mass is 391 g/mol. The van der Waals surface area contributed by atoms with Crippen LogP contribution in [0.5, 0.6) is 11.5 Å². The van der Waals surface area contributed by atoms with Crippen LogP contribution in [0.3, 0.4) is 0 Å². The first-order valence-corrected chi connectivity index (χ1v) is 8.19. The molecule has 0 bridgehead atoms. The highest BCUT2D eigenvalue weighted by Crippen LogP contribution is 2.46. The van der Waals surface area contributed by atoms with E-state index in [1.165, 1.54) is 0 Å². The number of fused-ring (bicyclic) bond motifs is 1. The summed E-state index contributed by atoms with van der Waals surface area (Å²) in [4.78, 5) is 0. The number of halogens is 2. The summed E-state index contributed by atoms with van der Waals surface area (Å²) in [7, 11) is 1.69. The third-order valence-electron chi connectivity index (χ3n) is 3.26. The third kappa shape index (κ3) is 3.26. The second-order valence-corrected chi connectivity index (χ2v) is 6.26. The number of nitrogens with one attached hydrogen (secondary N) is 1. The maximum atomic E-state index is 5.90. The van der Waals surface area contributed by atoms with Gasteiger partial charge in [-0.3, -0.25) is 0 Å². The Morgan fingerprint density at radius 2 is 2.26 bits per heavy atom. The van der Waals surface area contributed by atoms with Gasteiger partial charge >= 0.3 is 0 Å². The van der Waals surface area contributed by atoms with Gasteiger partial charge in [0.1, 0.15) is 11.5 Å². The Bertz CT molecular complexity index is 452. The summed E-state index contributed by atoms with van der Waals surface area (Å²) in [6.07, 6.45) is 3.25. The normalized spacial score (nSPS) is 18.4. The number of rotatable bonds is 4. The van der Waals surface area contributed by atoms with Gasteiger partial charge in [0.2, 0.25) is 0 Å². The van der Waals surface area contributed by atoms with Gasteiger partial charge in [0.25, 0.3) is 0 Å². The molecule has 0 amide bonds. The van der Waals surface area contributed by atoms with E-state index in [4.69, 9.17) is 9.47 Å². The Morgan fingerprint density at radius 1 is 1.47 bits per heavy atom. The van der Waals surface area contributed by atoms with Gasteiger partial charge in [-0.25, -0.2) is 0 Å². The largest absolute Gasteiger partial charge is 0.496 e. The van der Waals surface area contributed by atoms with Crippen molar-refractivity contribution in [3.05, 3.63) is 20.6 Å². The summed E-state index contributed by atoms with van der Waals surface area (Å²) in [5, 5.41) is 3.60. The Balaban J connectivity index is 2.47. The number of benzene rings is 1. The standard InChI is InChI=1S/C14H19Br2NO2/c1-3-6-17-10-5-4-7-19-14-9(15)8-11(18-2)13(16)12(10)14/h8,10,17H,3-7H2,1-2H3. The molecule has 1 aliphatic rings. The molecule has 1 aromatic carbocycles. The van der Waals surface area contributed by atoms with E-state index in [0.29, 0.717) is 6.04 Å². The van der Waals surface area contributed by atoms with Crippen LogP contribution in [0.4, 0.5) is 0 Å². The van der Waals surface area contributed by atoms with Crippen LogP contribution in [0.2, 0.25) is 0 Å². The molecule has 0 aromatic heterocycles. The predicted molar refractivity (Wildman–Crippen MR) is 84.2 cm³/mol. The van der Waals surface area contributed by atoms with Gasteiger partial charge in [-0.1, -0.05) is 6.92 Å². The van der Waals surface area contributed by atoms with E-state index in [0.717, 1.165) is 58.4 Å². The van der Waals surface area contributed by atoms with Crippen molar-refractivity contribution in [2.45, 2.75) is 32.2 Å². The van der Waals surface area contributed by atoms with Crippen LogP contribution in [0.15, 0.2) is 15.0 Å². The van der Waals surface area contributed by atoms with Crippen LogP contribution in [-0.2, 0) is 0 Å². The maximum Gasteiger partial charge on any atom is 0.139 e. The van der Waals surface area contributed by atoms with Gasteiger partial charge in [0.05, 0.1) is 22.7 Å². The summed E-state index contributed by atoms with van der Waals surface area (Å²) in [5.41, 5.74) is 1.16. The fourth-order valence-electron chi connectivity index (χ4n) is 2.34. The minimum absolute atomic E-state index is 0.304. The van der Waals surface area contributed by atoms with E-state index < -0.39 is 0 Å². The molecular weight excluding hydrogens is 374 g/mol. The topological polar surface area (TPSA) is 30.5 Å². The fourth-order valence-corrected chi connectivity index (χ4v) is 3.61. The molecule has 0 aliphatic carbocycles. The molecule has 0 fully saturated rings. The lowest BCUT2D eigenvalue weighted by Crippen LogP contribution is -2.22. The zero-order valence-electron chi connectivity index (χ0n) is 11.3. The second kappa shape index (κ2) is 6.95. The molecule has 2 rings (SSSR count). The summed E-state index contributed by atoms with van der Waals surface area (Å²) >= 11 is 7.25. The van der Waals surface area contributed by atoms with Gasteiger partial charge in [-0.05, 0) is 63.7 Å². The Labute approximate surface area is 131 Å². The third-order valence-corrected chi connectivity index (χ3v) is 4.67. The van der Waals surface area contributed by atoms with Crippen LogP contribution in [-0.4, -0.2) is 20.3 Å². The summed E-state index contributed by atoms with van der Waals surface area (Å²) in [5.74, 6) is 1.76. The van der Waals surface area contributed by atoms with Crippen LogP contribution >= 0.6 is 31.9 Å². The minimum Gasteiger partial charge on any atom is -0.496 e. The molecule has 0 spiro atoms. The van der Waals surface area contributed by atoms with Gasteiger partial charge in [0, 0.05) is 11.6 Å². The van der Waals surface area contributed by atoms with Gasteiger partial charge < -0.3 is 14.8 Å². The molecule has 0 radical (unpaired) electrons. The molecule has 1 atom stereocenters. The molecule has 1 aliphatic heterocycles. The molecule has 106 valence electrons. The number of hydrogen-bond donors (Lipinski definition) is 1. The average Bonchev–Trinajstić information content (AvgIpc) is 2.63. The number of hydrogen-bond acceptors (Lipinski definition) is 3. The SMILES string of the molecule is CCCNC1CCCOc2c(Br)cc(OC)c(Br)c21. The van der Waals surface area contributed by atoms with Crippen LogP contribution < -0.4 is 14.8 Å². The highest BCUT2D eigenvalue weighted by Gasteiger charge is 2.26. The first kappa shape index (κ1) is 15.1. The van der Waals surface area contributed by atoms with E-state index in [1.807, 2.05) is 6.07 Å². The molecule has 1 unspecified atom stereocenters. The van der Waals surface area contributed by atoms with Crippen molar-refractivity contribution in [3.8, 4) is 11.5 Å². The van der Waals surface area contributed by atoms with Crippen molar-refractivity contribution in [1.29, 1.82) is 0 Å². The van der Waals surface area contributed by atoms with E-state index in [9.17, 15) is 0 Å². The van der Waals surface area contributed by atoms with E-state index in [-0.39, 0.29) is 0 Å². The van der Waals surface area contributed by atoms with Crippen LogP contribution in [0.1, 0.15) is 37.8 Å². The van der Waals surface area contributed by atoms with Crippen molar-refractivity contribution in [2.75, 3.05) is 20.3 Å². The zero-order valence-corrected chi connectivity index (χ0v) is 14.4. The number of ether oxygens (including phenoxy) is 2. The first-order chi connectivity index (χ1) is 9.19. The van der Waals surface area contributed by atoms with E-state index in [1.54, 1.807) is 7.11 Å². The first-order valence-electron chi connectivity index (χ1n) is 6.61. The fraction of sp³-hybridized carbons (Fsp3) is 0.571. The minimum atomic E-state index is 0.304.